The number of allylic oxidation sites excluding steroid dienone is 4. The van der Waals surface area contributed by atoms with Gasteiger partial charge in [-0.3, -0.25) is 4.79 Å². The van der Waals surface area contributed by atoms with Crippen LogP contribution in [-0.4, -0.2) is 37.0 Å². The molecule has 1 aromatic rings. The minimum absolute atomic E-state index is 0.0920. The third-order valence-electron chi connectivity index (χ3n) is 7.69. The number of methoxy groups -OCH3 is 1. The first-order valence-corrected chi connectivity index (χ1v) is 12.9. The van der Waals surface area contributed by atoms with E-state index in [1.807, 2.05) is 18.2 Å². The summed E-state index contributed by atoms with van der Waals surface area (Å²) in [6.07, 6.45) is 14.8. The van der Waals surface area contributed by atoms with E-state index in [0.29, 0.717) is 18.9 Å². The van der Waals surface area contributed by atoms with Crippen LogP contribution in [-0.2, 0) is 19.7 Å². The van der Waals surface area contributed by atoms with Crippen LogP contribution in [0.4, 0.5) is 4.39 Å². The molecular weight excluding hydrogens is 443 g/mol. The number of halogens is 1. The predicted molar refractivity (Wildman–Crippen MR) is 137 cm³/mol. The maximum Gasteiger partial charge on any atom is 0.305 e. The summed E-state index contributed by atoms with van der Waals surface area (Å²) in [5, 5.41) is 10.7. The summed E-state index contributed by atoms with van der Waals surface area (Å²) in [5.74, 6) is 0.200. The van der Waals surface area contributed by atoms with E-state index in [-0.39, 0.29) is 35.1 Å². The van der Waals surface area contributed by atoms with Crippen molar-refractivity contribution < 1.29 is 23.8 Å². The van der Waals surface area contributed by atoms with Crippen LogP contribution in [0.25, 0.3) is 0 Å². The van der Waals surface area contributed by atoms with Crippen molar-refractivity contribution in [2.45, 2.75) is 76.9 Å². The summed E-state index contributed by atoms with van der Waals surface area (Å²) in [7, 11) is 1.41. The van der Waals surface area contributed by atoms with Gasteiger partial charge < -0.3 is 14.6 Å². The normalized spacial score (nSPS) is 27.4. The van der Waals surface area contributed by atoms with Gasteiger partial charge in [0.05, 0.1) is 25.9 Å². The average molecular weight is 485 g/mol. The number of hydrogen-bond donors (Lipinski definition) is 1. The average Bonchev–Trinajstić information content (AvgIpc) is 3.41. The zero-order chi connectivity index (χ0) is 25.4. The minimum atomic E-state index is -0.513. The number of unbranched alkanes of at least 4 members (excludes halogenated alkanes) is 1. The van der Waals surface area contributed by atoms with Crippen LogP contribution in [0, 0.1) is 23.6 Å². The van der Waals surface area contributed by atoms with Gasteiger partial charge in [-0.25, -0.2) is 4.39 Å². The lowest BCUT2D eigenvalue weighted by Crippen LogP contribution is -2.39. The van der Waals surface area contributed by atoms with Crippen molar-refractivity contribution in [2.75, 3.05) is 13.7 Å². The van der Waals surface area contributed by atoms with Gasteiger partial charge in [0.2, 0.25) is 0 Å². The van der Waals surface area contributed by atoms with E-state index in [1.54, 1.807) is 0 Å². The number of benzene rings is 1. The highest BCUT2D eigenvalue weighted by atomic mass is 19.1. The lowest BCUT2D eigenvalue weighted by Gasteiger charge is -2.38. The number of carbonyl (C=O) groups is 1. The van der Waals surface area contributed by atoms with Gasteiger partial charge in [-0.15, -0.1) is 0 Å². The number of hydrogen-bond acceptors (Lipinski definition) is 4. The van der Waals surface area contributed by atoms with Gasteiger partial charge in [-0.2, -0.15) is 0 Å². The zero-order valence-corrected chi connectivity index (χ0v) is 21.6. The van der Waals surface area contributed by atoms with Crippen LogP contribution in [0.5, 0.6) is 0 Å². The van der Waals surface area contributed by atoms with Crippen LogP contribution in [0.3, 0.4) is 0 Å². The summed E-state index contributed by atoms with van der Waals surface area (Å²) in [4.78, 5) is 11.3. The first kappa shape index (κ1) is 27.3. The molecule has 1 saturated heterocycles. The molecule has 1 saturated carbocycles. The van der Waals surface area contributed by atoms with E-state index < -0.39 is 6.10 Å². The largest absolute Gasteiger partial charge is 0.469 e. The molecule has 3 rings (SSSR count). The van der Waals surface area contributed by atoms with Gasteiger partial charge in [0.15, 0.2) is 0 Å². The molecule has 2 bridgehead atoms. The van der Waals surface area contributed by atoms with Crippen molar-refractivity contribution in [3.8, 4) is 0 Å². The van der Waals surface area contributed by atoms with Crippen LogP contribution in [0.15, 0.2) is 60.2 Å². The fourth-order valence-electron chi connectivity index (χ4n) is 5.52. The topological polar surface area (TPSA) is 55.8 Å². The Morgan fingerprint density at radius 2 is 2.03 bits per heavy atom. The molecule has 5 heteroatoms. The van der Waals surface area contributed by atoms with Gasteiger partial charge in [0.1, 0.15) is 5.82 Å². The SMILES string of the molecule is COC(=O)CCC/C=C\C[C@H]1[C@H](/C=C/[C@H](O)C(C)CC=C(C)C)[C@@H]2C[C@@]1(c1ccc(F)cc1)CO2. The third-order valence-corrected chi connectivity index (χ3v) is 7.69. The lowest BCUT2D eigenvalue weighted by molar-refractivity contribution is -0.140. The molecule has 0 spiro atoms. The van der Waals surface area contributed by atoms with Crippen LogP contribution < -0.4 is 0 Å². The second-order valence-corrected chi connectivity index (χ2v) is 10.4. The molecule has 35 heavy (non-hydrogen) atoms. The summed E-state index contributed by atoms with van der Waals surface area (Å²) < 4.78 is 24.6. The van der Waals surface area contributed by atoms with E-state index in [9.17, 15) is 14.3 Å². The molecule has 4 nitrogen and oxygen atoms in total. The van der Waals surface area contributed by atoms with Crippen molar-refractivity contribution in [3.05, 3.63) is 71.6 Å². The first-order valence-electron chi connectivity index (χ1n) is 12.9. The Kier molecular flexibility index (Phi) is 9.88. The number of carbonyl (C=O) groups excluding carboxylic acids is 1. The Hall–Kier alpha value is -2.24. The fourth-order valence-corrected chi connectivity index (χ4v) is 5.52. The summed E-state index contributed by atoms with van der Waals surface area (Å²) in [5.41, 5.74) is 2.22. The van der Waals surface area contributed by atoms with Gasteiger partial charge >= 0.3 is 5.97 Å². The van der Waals surface area contributed by atoms with E-state index in [0.717, 1.165) is 37.7 Å². The highest BCUT2D eigenvalue weighted by Crippen LogP contribution is 2.57. The highest BCUT2D eigenvalue weighted by Gasteiger charge is 2.58. The zero-order valence-electron chi connectivity index (χ0n) is 21.6. The summed E-state index contributed by atoms with van der Waals surface area (Å²) in [6, 6.07) is 6.87. The first-order chi connectivity index (χ1) is 16.8. The Morgan fingerprint density at radius 1 is 1.29 bits per heavy atom. The third kappa shape index (κ3) is 6.92. The molecule has 192 valence electrons. The van der Waals surface area contributed by atoms with Gasteiger partial charge in [0.25, 0.3) is 0 Å². The molecule has 1 aliphatic heterocycles. The molecule has 0 amide bonds. The molecule has 1 aromatic carbocycles. The molecule has 2 aliphatic rings. The van der Waals surface area contributed by atoms with Gasteiger partial charge in [0, 0.05) is 17.8 Å². The lowest BCUT2D eigenvalue weighted by atomic mass is 9.69. The van der Waals surface area contributed by atoms with Crippen LogP contribution in [0.2, 0.25) is 0 Å². The molecule has 6 atom stereocenters. The Labute approximate surface area is 209 Å². The Balaban J connectivity index is 1.75. The Morgan fingerprint density at radius 3 is 2.71 bits per heavy atom. The predicted octanol–water partition coefficient (Wildman–Crippen LogP) is 6.30. The molecule has 1 N–H and O–H groups in total. The fraction of sp³-hybridized carbons (Fsp3) is 0.567. The molecular formula is C30H41FO4. The van der Waals surface area contributed by atoms with E-state index >= 15 is 0 Å². The summed E-state index contributed by atoms with van der Waals surface area (Å²) >= 11 is 0. The summed E-state index contributed by atoms with van der Waals surface area (Å²) in [6.45, 7) is 6.85. The van der Waals surface area contributed by atoms with Crippen molar-refractivity contribution in [3.63, 3.8) is 0 Å². The van der Waals surface area contributed by atoms with Crippen LogP contribution >= 0.6 is 0 Å². The molecule has 1 unspecified atom stereocenters. The molecule has 0 radical (unpaired) electrons. The smallest absolute Gasteiger partial charge is 0.305 e. The van der Waals surface area contributed by atoms with E-state index in [2.05, 4.69) is 45.1 Å². The second kappa shape index (κ2) is 12.6. The quantitative estimate of drug-likeness (QED) is 0.215. The number of aliphatic hydroxyl groups excluding tert-OH is 1. The molecule has 0 aromatic heterocycles. The van der Waals surface area contributed by atoms with Crippen molar-refractivity contribution in [2.24, 2.45) is 17.8 Å². The van der Waals surface area contributed by atoms with Crippen molar-refractivity contribution in [1.82, 2.24) is 0 Å². The Bertz CT molecular complexity index is 915. The monoisotopic (exact) mass is 484 g/mol. The number of rotatable bonds is 12. The minimum Gasteiger partial charge on any atom is -0.469 e. The number of aliphatic hydroxyl groups is 1. The molecule has 1 aliphatic carbocycles. The van der Waals surface area contributed by atoms with Gasteiger partial charge in [-0.05, 0) is 75.5 Å². The molecule has 2 fully saturated rings. The van der Waals surface area contributed by atoms with Crippen molar-refractivity contribution in [1.29, 1.82) is 0 Å². The van der Waals surface area contributed by atoms with E-state index in [4.69, 9.17) is 9.47 Å². The van der Waals surface area contributed by atoms with E-state index in [1.165, 1.54) is 24.8 Å². The number of ether oxygens (including phenoxy) is 2. The maximum atomic E-state index is 13.7. The maximum absolute atomic E-state index is 13.7. The number of fused-ring (bicyclic) bond motifs is 2. The standard InChI is InChI=1S/C30H41FO4/c1-21(2)11-12-22(3)27(32)18-17-25-26(9-7-5-6-8-10-29(33)34-4)30(19-28(25)35-20-30)23-13-15-24(31)16-14-23/h5,7,11,13-18,22,25-28,32H,6,8-10,12,19-20H2,1-4H3/b7-5-,18-17+/t22?,25-,26-,27-,28-,30-/m0/s1. The highest BCUT2D eigenvalue weighted by molar-refractivity contribution is 5.69. The van der Waals surface area contributed by atoms with Gasteiger partial charge in [-0.1, -0.05) is 55.0 Å². The molecule has 1 heterocycles. The van der Waals surface area contributed by atoms with Crippen LogP contribution in [0.1, 0.15) is 64.9 Å². The van der Waals surface area contributed by atoms with Crippen molar-refractivity contribution >= 4 is 5.97 Å². The second-order valence-electron chi connectivity index (χ2n) is 10.4. The number of esters is 1.